The molecule has 2 fully saturated rings. The average molecular weight is 331 g/mol. The van der Waals surface area contributed by atoms with Gasteiger partial charge in [-0.15, -0.1) is 0 Å². The van der Waals surface area contributed by atoms with Crippen molar-refractivity contribution >= 4 is 11.9 Å². The summed E-state index contributed by atoms with van der Waals surface area (Å²) in [7, 11) is 1.64. The number of benzene rings is 1. The van der Waals surface area contributed by atoms with Crippen LogP contribution in [0.4, 0.5) is 4.79 Å². The molecule has 24 heavy (non-hydrogen) atoms. The number of amides is 3. The Balaban J connectivity index is 1.44. The molecule has 0 bridgehead atoms. The lowest BCUT2D eigenvalue weighted by molar-refractivity contribution is -0.122. The SMILES string of the molecule is COc1ccc(CCNC(=O)C2CN(C3CCCC3)C(=O)N2)cc1. The summed E-state index contributed by atoms with van der Waals surface area (Å²) in [5.74, 6) is 0.723. The summed E-state index contributed by atoms with van der Waals surface area (Å²) in [6, 6.07) is 7.57. The summed E-state index contributed by atoms with van der Waals surface area (Å²) >= 11 is 0. The lowest BCUT2D eigenvalue weighted by Crippen LogP contribution is -2.43. The molecule has 2 N–H and O–H groups in total. The summed E-state index contributed by atoms with van der Waals surface area (Å²) < 4.78 is 5.13. The molecule has 1 aromatic carbocycles. The molecule has 1 saturated heterocycles. The van der Waals surface area contributed by atoms with E-state index in [2.05, 4.69) is 10.6 Å². The van der Waals surface area contributed by atoms with Gasteiger partial charge < -0.3 is 20.3 Å². The van der Waals surface area contributed by atoms with E-state index in [4.69, 9.17) is 4.74 Å². The van der Waals surface area contributed by atoms with Gasteiger partial charge in [0, 0.05) is 12.6 Å². The number of nitrogens with zero attached hydrogens (tertiary/aromatic N) is 1. The van der Waals surface area contributed by atoms with E-state index in [0.717, 1.165) is 30.6 Å². The van der Waals surface area contributed by atoms with Crippen molar-refractivity contribution in [2.24, 2.45) is 0 Å². The predicted molar refractivity (Wildman–Crippen MR) is 91.0 cm³/mol. The summed E-state index contributed by atoms with van der Waals surface area (Å²) in [6.07, 6.45) is 5.21. The maximum absolute atomic E-state index is 12.3. The van der Waals surface area contributed by atoms with Gasteiger partial charge in [-0.2, -0.15) is 0 Å². The van der Waals surface area contributed by atoms with Gasteiger partial charge in [0.05, 0.1) is 13.7 Å². The first-order chi connectivity index (χ1) is 11.7. The third-order valence-corrected chi connectivity index (χ3v) is 4.89. The van der Waals surface area contributed by atoms with Gasteiger partial charge in [0.1, 0.15) is 11.8 Å². The minimum absolute atomic E-state index is 0.0997. The number of carbonyl (C=O) groups is 2. The van der Waals surface area contributed by atoms with Crippen molar-refractivity contribution in [1.82, 2.24) is 15.5 Å². The minimum atomic E-state index is -0.436. The summed E-state index contributed by atoms with van der Waals surface area (Å²) in [6.45, 7) is 1.04. The largest absolute Gasteiger partial charge is 0.497 e. The van der Waals surface area contributed by atoms with E-state index in [1.807, 2.05) is 29.2 Å². The van der Waals surface area contributed by atoms with Gasteiger partial charge in [-0.3, -0.25) is 4.79 Å². The highest BCUT2D eigenvalue weighted by Crippen LogP contribution is 2.25. The van der Waals surface area contributed by atoms with E-state index < -0.39 is 6.04 Å². The number of carbonyl (C=O) groups excluding carboxylic acids is 2. The second-order valence-corrected chi connectivity index (χ2v) is 6.48. The van der Waals surface area contributed by atoms with Crippen LogP contribution in [0, 0.1) is 0 Å². The fourth-order valence-electron chi connectivity index (χ4n) is 3.48. The topological polar surface area (TPSA) is 70.7 Å². The van der Waals surface area contributed by atoms with Gasteiger partial charge >= 0.3 is 6.03 Å². The third kappa shape index (κ3) is 3.80. The summed E-state index contributed by atoms with van der Waals surface area (Å²) in [5, 5.41) is 5.72. The first-order valence-electron chi connectivity index (χ1n) is 8.65. The first kappa shape index (κ1) is 16.6. The van der Waals surface area contributed by atoms with Crippen molar-refractivity contribution in [3.8, 4) is 5.75 Å². The van der Waals surface area contributed by atoms with Crippen molar-refractivity contribution in [2.75, 3.05) is 20.2 Å². The Labute approximate surface area is 142 Å². The number of methoxy groups -OCH3 is 1. The van der Waals surface area contributed by atoms with Crippen LogP contribution in [0.1, 0.15) is 31.2 Å². The minimum Gasteiger partial charge on any atom is -0.497 e. The Hall–Kier alpha value is -2.24. The highest BCUT2D eigenvalue weighted by atomic mass is 16.5. The normalized spacial score (nSPS) is 21.0. The standard InChI is InChI=1S/C18H25N3O3/c1-24-15-8-6-13(7-9-15)10-11-19-17(22)16-12-21(18(23)20-16)14-4-2-3-5-14/h6-9,14,16H,2-5,10-12H2,1H3,(H,19,22)(H,20,23). The quantitative estimate of drug-likeness (QED) is 0.833. The van der Waals surface area contributed by atoms with E-state index in [0.29, 0.717) is 19.1 Å². The lowest BCUT2D eigenvalue weighted by Gasteiger charge is -2.22. The second-order valence-electron chi connectivity index (χ2n) is 6.48. The maximum atomic E-state index is 12.3. The Morgan fingerprint density at radius 3 is 2.67 bits per heavy atom. The molecule has 1 aliphatic carbocycles. The van der Waals surface area contributed by atoms with Gasteiger partial charge in [0.25, 0.3) is 0 Å². The molecule has 1 aliphatic heterocycles. The number of nitrogens with one attached hydrogen (secondary N) is 2. The Morgan fingerprint density at radius 1 is 1.29 bits per heavy atom. The van der Waals surface area contributed by atoms with Crippen LogP contribution in [-0.4, -0.2) is 49.1 Å². The van der Waals surface area contributed by atoms with Crippen LogP contribution in [0.15, 0.2) is 24.3 Å². The van der Waals surface area contributed by atoms with Crippen LogP contribution < -0.4 is 15.4 Å². The Bertz CT molecular complexity index is 582. The second kappa shape index (κ2) is 7.55. The molecule has 130 valence electrons. The van der Waals surface area contributed by atoms with Crippen LogP contribution in [0.3, 0.4) is 0 Å². The zero-order valence-electron chi connectivity index (χ0n) is 14.1. The van der Waals surface area contributed by atoms with Gasteiger partial charge in [-0.1, -0.05) is 25.0 Å². The monoisotopic (exact) mass is 331 g/mol. The predicted octanol–water partition coefficient (Wildman–Crippen LogP) is 1.69. The lowest BCUT2D eigenvalue weighted by atomic mass is 10.1. The van der Waals surface area contributed by atoms with E-state index in [-0.39, 0.29) is 11.9 Å². The molecule has 1 heterocycles. The molecule has 3 amide bonds. The summed E-state index contributed by atoms with van der Waals surface area (Å²) in [5.41, 5.74) is 1.14. The average Bonchev–Trinajstić information content (AvgIpc) is 3.24. The highest BCUT2D eigenvalue weighted by molar-refractivity contribution is 5.90. The number of urea groups is 1. The van der Waals surface area contributed by atoms with E-state index in [1.54, 1.807) is 7.11 Å². The van der Waals surface area contributed by atoms with Crippen LogP contribution in [-0.2, 0) is 11.2 Å². The molecule has 6 heteroatoms. The molecule has 1 unspecified atom stereocenters. The fraction of sp³-hybridized carbons (Fsp3) is 0.556. The van der Waals surface area contributed by atoms with Crippen LogP contribution >= 0.6 is 0 Å². The molecule has 1 saturated carbocycles. The molecule has 0 aromatic heterocycles. The molecule has 1 atom stereocenters. The number of ether oxygens (including phenoxy) is 1. The molecular weight excluding hydrogens is 306 g/mol. The zero-order chi connectivity index (χ0) is 16.9. The van der Waals surface area contributed by atoms with Crippen LogP contribution in [0.5, 0.6) is 5.75 Å². The molecule has 6 nitrogen and oxygen atoms in total. The third-order valence-electron chi connectivity index (χ3n) is 4.89. The highest BCUT2D eigenvalue weighted by Gasteiger charge is 2.37. The number of rotatable bonds is 6. The Kier molecular flexibility index (Phi) is 5.23. The molecule has 1 aromatic rings. The number of hydrogen-bond donors (Lipinski definition) is 2. The molecule has 2 aliphatic rings. The smallest absolute Gasteiger partial charge is 0.318 e. The van der Waals surface area contributed by atoms with Gasteiger partial charge in [0.15, 0.2) is 0 Å². The fourth-order valence-corrected chi connectivity index (χ4v) is 3.48. The van der Waals surface area contributed by atoms with Crippen molar-refractivity contribution in [3.63, 3.8) is 0 Å². The van der Waals surface area contributed by atoms with Gasteiger partial charge in [-0.05, 0) is 37.0 Å². The maximum Gasteiger partial charge on any atom is 0.318 e. The first-order valence-corrected chi connectivity index (χ1v) is 8.65. The summed E-state index contributed by atoms with van der Waals surface area (Å²) in [4.78, 5) is 26.2. The molecule has 0 radical (unpaired) electrons. The van der Waals surface area contributed by atoms with Crippen molar-refractivity contribution < 1.29 is 14.3 Å². The van der Waals surface area contributed by atoms with Crippen LogP contribution in [0.2, 0.25) is 0 Å². The molecule has 3 rings (SSSR count). The van der Waals surface area contributed by atoms with E-state index in [1.165, 1.54) is 12.8 Å². The van der Waals surface area contributed by atoms with Gasteiger partial charge in [0.2, 0.25) is 5.91 Å². The molecular formula is C18H25N3O3. The van der Waals surface area contributed by atoms with Gasteiger partial charge in [-0.25, -0.2) is 4.79 Å². The molecule has 0 spiro atoms. The Morgan fingerprint density at radius 2 is 2.00 bits per heavy atom. The zero-order valence-corrected chi connectivity index (χ0v) is 14.1. The van der Waals surface area contributed by atoms with E-state index >= 15 is 0 Å². The van der Waals surface area contributed by atoms with Crippen molar-refractivity contribution in [3.05, 3.63) is 29.8 Å². The van der Waals surface area contributed by atoms with Crippen molar-refractivity contribution in [1.29, 1.82) is 0 Å². The van der Waals surface area contributed by atoms with E-state index in [9.17, 15) is 9.59 Å². The van der Waals surface area contributed by atoms with Crippen LogP contribution in [0.25, 0.3) is 0 Å². The number of hydrogen-bond acceptors (Lipinski definition) is 3. The van der Waals surface area contributed by atoms with Crippen molar-refractivity contribution in [2.45, 2.75) is 44.2 Å².